The zero-order chi connectivity index (χ0) is 13.2. The third-order valence-corrected chi connectivity index (χ3v) is 3.59. The average molecular weight is 254 g/mol. The van der Waals surface area contributed by atoms with E-state index in [4.69, 9.17) is 4.74 Å². The van der Waals surface area contributed by atoms with Crippen molar-refractivity contribution in [3.05, 3.63) is 0 Å². The predicted octanol–water partition coefficient (Wildman–Crippen LogP) is 2.43. The van der Waals surface area contributed by atoms with Crippen LogP contribution in [0.1, 0.15) is 52.9 Å². The van der Waals surface area contributed by atoms with Gasteiger partial charge >= 0.3 is 6.09 Å². The fourth-order valence-corrected chi connectivity index (χ4v) is 2.58. The molecule has 2 atom stereocenters. The molecule has 0 aromatic heterocycles. The molecule has 2 saturated carbocycles. The summed E-state index contributed by atoms with van der Waals surface area (Å²) in [4.78, 5) is 11.6. The minimum absolute atomic E-state index is 0.292. The van der Waals surface area contributed by atoms with Crippen LogP contribution in [0.15, 0.2) is 0 Å². The van der Waals surface area contributed by atoms with Gasteiger partial charge in [-0.25, -0.2) is 4.79 Å². The van der Waals surface area contributed by atoms with E-state index >= 15 is 0 Å². The third-order valence-electron chi connectivity index (χ3n) is 3.59. The molecule has 2 N–H and O–H groups in total. The third kappa shape index (κ3) is 4.48. The Labute approximate surface area is 110 Å². The van der Waals surface area contributed by atoms with Crippen molar-refractivity contribution >= 4 is 6.09 Å². The number of rotatable bonds is 4. The first-order valence-electron chi connectivity index (χ1n) is 7.17. The van der Waals surface area contributed by atoms with Gasteiger partial charge in [-0.05, 0) is 52.4 Å². The van der Waals surface area contributed by atoms with E-state index < -0.39 is 5.60 Å². The first-order valence-corrected chi connectivity index (χ1v) is 7.17. The number of ether oxygens (including phenoxy) is 1. The lowest BCUT2D eigenvalue weighted by atomic mass is 10.0. The van der Waals surface area contributed by atoms with Crippen molar-refractivity contribution in [2.75, 3.05) is 6.54 Å². The van der Waals surface area contributed by atoms with Gasteiger partial charge in [-0.1, -0.05) is 6.42 Å². The number of carbonyl (C=O) groups is 1. The van der Waals surface area contributed by atoms with Gasteiger partial charge in [0, 0.05) is 18.6 Å². The first kappa shape index (κ1) is 13.7. The van der Waals surface area contributed by atoms with Crippen molar-refractivity contribution < 1.29 is 9.53 Å². The van der Waals surface area contributed by atoms with Gasteiger partial charge in [-0.15, -0.1) is 0 Å². The van der Waals surface area contributed by atoms with E-state index in [1.807, 2.05) is 20.8 Å². The van der Waals surface area contributed by atoms with Crippen molar-refractivity contribution in [3.63, 3.8) is 0 Å². The monoisotopic (exact) mass is 254 g/mol. The maximum absolute atomic E-state index is 11.6. The van der Waals surface area contributed by atoms with Crippen molar-refractivity contribution in [1.29, 1.82) is 0 Å². The van der Waals surface area contributed by atoms with Gasteiger partial charge in [-0.3, -0.25) is 0 Å². The number of amides is 1. The second-order valence-electron chi connectivity index (χ2n) is 6.62. The van der Waals surface area contributed by atoms with E-state index in [1.165, 1.54) is 32.1 Å². The highest BCUT2D eigenvalue weighted by Gasteiger charge is 2.32. The summed E-state index contributed by atoms with van der Waals surface area (Å²) in [7, 11) is 0. The van der Waals surface area contributed by atoms with Gasteiger partial charge in [0.15, 0.2) is 0 Å². The fraction of sp³-hybridized carbons (Fsp3) is 0.929. The summed E-state index contributed by atoms with van der Waals surface area (Å²) in [5.74, 6) is 0.568. The highest BCUT2D eigenvalue weighted by molar-refractivity contribution is 5.67. The quantitative estimate of drug-likeness (QED) is 0.810. The molecule has 2 rings (SSSR count). The summed E-state index contributed by atoms with van der Waals surface area (Å²) in [5, 5.41) is 6.59. The number of hydrogen-bond donors (Lipinski definition) is 2. The van der Waals surface area contributed by atoms with E-state index in [9.17, 15) is 4.79 Å². The molecule has 2 unspecified atom stereocenters. The van der Waals surface area contributed by atoms with E-state index in [0.717, 1.165) is 12.6 Å². The lowest BCUT2D eigenvalue weighted by Gasteiger charge is -2.23. The molecule has 2 fully saturated rings. The fourth-order valence-electron chi connectivity index (χ4n) is 2.58. The molecule has 0 aromatic rings. The Morgan fingerprint density at radius 2 is 1.94 bits per heavy atom. The van der Waals surface area contributed by atoms with Crippen LogP contribution in [0.25, 0.3) is 0 Å². The van der Waals surface area contributed by atoms with Crippen LogP contribution in [-0.2, 0) is 4.74 Å². The van der Waals surface area contributed by atoms with Crippen molar-refractivity contribution in [3.8, 4) is 0 Å². The Kier molecular flexibility index (Phi) is 4.15. The molecule has 104 valence electrons. The van der Waals surface area contributed by atoms with Crippen LogP contribution < -0.4 is 10.6 Å². The summed E-state index contributed by atoms with van der Waals surface area (Å²) in [6.45, 7) is 6.40. The van der Waals surface area contributed by atoms with Gasteiger partial charge < -0.3 is 15.4 Å². The Morgan fingerprint density at radius 1 is 1.22 bits per heavy atom. The average Bonchev–Trinajstić information content (AvgIpc) is 2.92. The minimum atomic E-state index is -0.411. The van der Waals surface area contributed by atoms with Crippen LogP contribution in [0.4, 0.5) is 4.79 Å². The zero-order valence-electron chi connectivity index (χ0n) is 11.8. The smallest absolute Gasteiger partial charge is 0.407 e. The standard InChI is InChI=1S/C14H26N2O2/c1-14(2,3)18-13(17)15-9-10-5-4-6-12(10)16-11-7-8-11/h10-12,16H,4-9H2,1-3H3,(H,15,17). The number of carbonyl (C=O) groups excluding carboxylic acids is 1. The van der Waals surface area contributed by atoms with E-state index in [-0.39, 0.29) is 6.09 Å². The Balaban J connectivity index is 1.69. The molecule has 0 radical (unpaired) electrons. The Morgan fingerprint density at radius 3 is 2.56 bits per heavy atom. The number of hydrogen-bond acceptors (Lipinski definition) is 3. The van der Waals surface area contributed by atoms with Gasteiger partial charge in [-0.2, -0.15) is 0 Å². The van der Waals surface area contributed by atoms with Crippen molar-refractivity contribution in [1.82, 2.24) is 10.6 Å². The SMILES string of the molecule is CC(C)(C)OC(=O)NCC1CCCC1NC1CC1. The molecule has 0 spiro atoms. The topological polar surface area (TPSA) is 50.4 Å². The lowest BCUT2D eigenvalue weighted by molar-refractivity contribution is 0.0517. The molecule has 0 heterocycles. The van der Waals surface area contributed by atoms with Gasteiger partial charge in [0.25, 0.3) is 0 Å². The Bertz CT molecular complexity index is 295. The molecule has 4 heteroatoms. The molecular weight excluding hydrogens is 228 g/mol. The van der Waals surface area contributed by atoms with Crippen LogP contribution >= 0.6 is 0 Å². The molecule has 1 amide bonds. The Hall–Kier alpha value is -0.770. The van der Waals surface area contributed by atoms with Crippen LogP contribution in [-0.4, -0.2) is 30.3 Å². The van der Waals surface area contributed by atoms with Crippen LogP contribution in [0.5, 0.6) is 0 Å². The highest BCUT2D eigenvalue weighted by Crippen LogP contribution is 2.29. The van der Waals surface area contributed by atoms with Crippen molar-refractivity contribution in [2.45, 2.75) is 70.6 Å². The summed E-state index contributed by atoms with van der Waals surface area (Å²) in [6, 6.07) is 1.34. The van der Waals surface area contributed by atoms with Crippen LogP contribution in [0, 0.1) is 5.92 Å². The molecular formula is C14H26N2O2. The molecule has 4 nitrogen and oxygen atoms in total. The molecule has 0 bridgehead atoms. The number of alkyl carbamates (subject to hydrolysis) is 1. The molecule has 18 heavy (non-hydrogen) atoms. The summed E-state index contributed by atoms with van der Waals surface area (Å²) in [5.41, 5.74) is -0.411. The van der Waals surface area contributed by atoms with E-state index in [1.54, 1.807) is 0 Å². The zero-order valence-corrected chi connectivity index (χ0v) is 11.8. The molecule has 0 aliphatic heterocycles. The maximum Gasteiger partial charge on any atom is 0.407 e. The van der Waals surface area contributed by atoms with Gasteiger partial charge in [0.2, 0.25) is 0 Å². The molecule has 2 aliphatic rings. The highest BCUT2D eigenvalue weighted by atomic mass is 16.6. The van der Waals surface area contributed by atoms with E-state index in [2.05, 4.69) is 10.6 Å². The first-order chi connectivity index (χ1) is 8.44. The molecule has 0 aromatic carbocycles. The summed E-state index contributed by atoms with van der Waals surface area (Å²) >= 11 is 0. The maximum atomic E-state index is 11.6. The largest absolute Gasteiger partial charge is 0.444 e. The van der Waals surface area contributed by atoms with Gasteiger partial charge in [0.05, 0.1) is 0 Å². The van der Waals surface area contributed by atoms with E-state index in [0.29, 0.717) is 12.0 Å². The lowest BCUT2D eigenvalue weighted by Crippen LogP contribution is -2.41. The molecule has 2 aliphatic carbocycles. The van der Waals surface area contributed by atoms with Crippen LogP contribution in [0.2, 0.25) is 0 Å². The minimum Gasteiger partial charge on any atom is -0.444 e. The number of nitrogens with one attached hydrogen (secondary N) is 2. The molecule has 0 saturated heterocycles. The summed E-state index contributed by atoms with van der Waals surface area (Å²) < 4.78 is 5.26. The predicted molar refractivity (Wildman–Crippen MR) is 71.5 cm³/mol. The van der Waals surface area contributed by atoms with Gasteiger partial charge in [0.1, 0.15) is 5.60 Å². The summed E-state index contributed by atoms with van der Waals surface area (Å²) in [6.07, 6.45) is 6.08. The normalized spacial score (nSPS) is 28.2. The second-order valence-corrected chi connectivity index (χ2v) is 6.62. The van der Waals surface area contributed by atoms with Crippen molar-refractivity contribution in [2.24, 2.45) is 5.92 Å². The van der Waals surface area contributed by atoms with Crippen LogP contribution in [0.3, 0.4) is 0 Å². The second kappa shape index (κ2) is 5.47.